The number of alkyl halides is 2. The molecule has 9 nitrogen and oxygen atoms in total. The molecular formula is C29H33ClF2N4O5S. The molecule has 0 radical (unpaired) electrons. The highest BCUT2D eigenvalue weighted by atomic mass is 35.5. The highest BCUT2D eigenvalue weighted by molar-refractivity contribution is 7.89. The SMILES string of the molecule is O=C(O)C1CC2CCC1CC2C(F)(F)c1cc(Cl)nc(N2CCN(S(=O)(=O)c3ccc(N4CCCC4=O)cc3)CC2)c1. The Morgan fingerprint density at radius 1 is 1.00 bits per heavy atom. The number of carboxylic acids is 1. The molecule has 2 aliphatic heterocycles. The van der Waals surface area contributed by atoms with Gasteiger partial charge in [0.1, 0.15) is 11.0 Å². The number of carbonyl (C=O) groups excluding carboxylic acids is 1. The molecule has 1 amide bonds. The predicted octanol–water partition coefficient (Wildman–Crippen LogP) is 4.60. The summed E-state index contributed by atoms with van der Waals surface area (Å²) in [6, 6.07) is 8.82. The molecule has 5 fully saturated rings. The monoisotopic (exact) mass is 622 g/mol. The molecular weight excluding hydrogens is 590 g/mol. The Bertz CT molecular complexity index is 1480. The average Bonchev–Trinajstić information content (AvgIpc) is 3.42. The summed E-state index contributed by atoms with van der Waals surface area (Å²) < 4.78 is 59.9. The highest BCUT2D eigenvalue weighted by Crippen LogP contribution is 2.56. The predicted molar refractivity (Wildman–Crippen MR) is 152 cm³/mol. The van der Waals surface area contributed by atoms with E-state index in [0.29, 0.717) is 31.5 Å². The molecule has 5 aliphatic rings. The van der Waals surface area contributed by atoms with Crippen molar-refractivity contribution in [3.05, 3.63) is 47.1 Å². The fraction of sp³-hybridized carbons (Fsp3) is 0.552. The van der Waals surface area contributed by atoms with Gasteiger partial charge in [-0.15, -0.1) is 0 Å². The number of carbonyl (C=O) groups is 2. The molecule has 7 rings (SSSR count). The van der Waals surface area contributed by atoms with Crippen LogP contribution in [0.15, 0.2) is 41.3 Å². The Hall–Kier alpha value is -2.83. The van der Waals surface area contributed by atoms with Crippen LogP contribution in [0.25, 0.3) is 0 Å². The molecule has 4 unspecified atom stereocenters. The molecule has 42 heavy (non-hydrogen) atoms. The van der Waals surface area contributed by atoms with Gasteiger partial charge < -0.3 is 14.9 Å². The normalized spacial score (nSPS) is 27.1. The Morgan fingerprint density at radius 2 is 1.69 bits per heavy atom. The number of benzene rings is 1. The molecule has 226 valence electrons. The van der Waals surface area contributed by atoms with E-state index in [9.17, 15) is 23.1 Å². The van der Waals surface area contributed by atoms with Crippen LogP contribution >= 0.6 is 11.6 Å². The summed E-state index contributed by atoms with van der Waals surface area (Å²) in [4.78, 5) is 31.4. The van der Waals surface area contributed by atoms with Gasteiger partial charge in [0.2, 0.25) is 15.9 Å². The van der Waals surface area contributed by atoms with E-state index in [4.69, 9.17) is 11.6 Å². The Kier molecular flexibility index (Phi) is 7.68. The maximum absolute atomic E-state index is 15.9. The van der Waals surface area contributed by atoms with E-state index < -0.39 is 33.8 Å². The number of carboxylic acid groups (broad SMARTS) is 1. The summed E-state index contributed by atoms with van der Waals surface area (Å²) in [5, 5.41) is 9.43. The van der Waals surface area contributed by atoms with Crippen LogP contribution in [0.2, 0.25) is 5.15 Å². The number of aromatic nitrogens is 1. The molecule has 4 atom stereocenters. The van der Waals surface area contributed by atoms with E-state index in [2.05, 4.69) is 4.98 Å². The van der Waals surface area contributed by atoms with Crippen LogP contribution in [-0.2, 0) is 25.5 Å². The van der Waals surface area contributed by atoms with E-state index in [1.807, 2.05) is 0 Å². The third-order valence-corrected chi connectivity index (χ3v) is 11.6. The number of rotatable bonds is 7. The smallest absolute Gasteiger partial charge is 0.306 e. The summed E-state index contributed by atoms with van der Waals surface area (Å²) in [7, 11) is -3.80. The number of amides is 1. The number of hydrogen-bond donors (Lipinski definition) is 1. The first-order valence-corrected chi connectivity index (χ1v) is 16.2. The van der Waals surface area contributed by atoms with Gasteiger partial charge in [0, 0.05) is 56.3 Å². The number of pyridine rings is 1. The van der Waals surface area contributed by atoms with Gasteiger partial charge in [-0.2, -0.15) is 4.31 Å². The van der Waals surface area contributed by atoms with E-state index in [1.54, 1.807) is 21.9 Å². The van der Waals surface area contributed by atoms with Crippen LogP contribution in [-0.4, -0.2) is 67.4 Å². The Balaban J connectivity index is 1.14. The minimum Gasteiger partial charge on any atom is -0.481 e. The van der Waals surface area contributed by atoms with Gasteiger partial charge in [-0.05, 0) is 80.3 Å². The zero-order chi connectivity index (χ0) is 29.8. The summed E-state index contributed by atoms with van der Waals surface area (Å²) in [6.45, 7) is 1.37. The summed E-state index contributed by atoms with van der Waals surface area (Å²) in [5.74, 6) is -5.98. The molecule has 1 aromatic carbocycles. The van der Waals surface area contributed by atoms with Crippen LogP contribution in [0.3, 0.4) is 0 Å². The topological polar surface area (TPSA) is 111 Å². The molecule has 2 aromatic rings. The average molecular weight is 623 g/mol. The van der Waals surface area contributed by atoms with Crippen LogP contribution in [0.4, 0.5) is 20.3 Å². The standard InChI is InChI=1S/C29H33ClF2N4O5S/c30-25-16-20(29(31,32)24-15-18-3-4-19(24)14-23(18)28(38)39)17-26(33-25)34-10-12-35(13-11-34)42(40,41)22-7-5-21(6-8-22)36-9-1-2-27(36)37/h5-8,16-19,23-24H,1-4,9-15H2,(H,38,39). The fourth-order valence-corrected chi connectivity index (χ4v) is 8.88. The van der Waals surface area contributed by atoms with Gasteiger partial charge in [-0.25, -0.2) is 22.2 Å². The Morgan fingerprint density at radius 3 is 2.29 bits per heavy atom. The second-order valence-electron chi connectivity index (χ2n) is 11.8. The van der Waals surface area contributed by atoms with Gasteiger partial charge >= 0.3 is 5.97 Å². The van der Waals surface area contributed by atoms with Crippen molar-refractivity contribution in [3.63, 3.8) is 0 Å². The zero-order valence-electron chi connectivity index (χ0n) is 23.0. The zero-order valence-corrected chi connectivity index (χ0v) is 24.5. The van der Waals surface area contributed by atoms with Crippen molar-refractivity contribution in [1.82, 2.24) is 9.29 Å². The first kappa shape index (κ1) is 29.3. The fourth-order valence-electron chi connectivity index (χ4n) is 7.26. The lowest BCUT2D eigenvalue weighted by Gasteiger charge is -2.48. The molecule has 2 bridgehead atoms. The van der Waals surface area contributed by atoms with Crippen LogP contribution in [0, 0.1) is 23.7 Å². The lowest BCUT2D eigenvalue weighted by Crippen LogP contribution is -2.49. The van der Waals surface area contributed by atoms with Crippen LogP contribution in [0.1, 0.15) is 44.1 Å². The first-order chi connectivity index (χ1) is 19.9. The lowest BCUT2D eigenvalue weighted by molar-refractivity contribution is -0.163. The van der Waals surface area contributed by atoms with Gasteiger partial charge in [0.25, 0.3) is 5.92 Å². The van der Waals surface area contributed by atoms with Crippen molar-refractivity contribution in [2.24, 2.45) is 23.7 Å². The summed E-state index contributed by atoms with van der Waals surface area (Å²) in [6.07, 6.45) is 2.94. The van der Waals surface area contributed by atoms with Gasteiger partial charge in [0.15, 0.2) is 0 Å². The number of hydrogen-bond acceptors (Lipinski definition) is 6. The second-order valence-corrected chi connectivity index (χ2v) is 14.1. The lowest BCUT2D eigenvalue weighted by atomic mass is 9.58. The molecule has 13 heteroatoms. The number of aliphatic carboxylic acids is 1. The van der Waals surface area contributed by atoms with Crippen molar-refractivity contribution in [3.8, 4) is 0 Å². The second kappa shape index (κ2) is 11.0. The number of anilines is 2. The number of fused-ring (bicyclic) bond motifs is 3. The number of sulfonamides is 1. The maximum Gasteiger partial charge on any atom is 0.306 e. The molecule has 3 heterocycles. The van der Waals surface area contributed by atoms with Crippen molar-refractivity contribution >= 4 is 45.0 Å². The first-order valence-electron chi connectivity index (χ1n) is 14.4. The minimum atomic E-state index is -3.80. The molecule has 3 aliphatic carbocycles. The van der Waals surface area contributed by atoms with E-state index >= 15 is 8.78 Å². The molecule has 1 aromatic heterocycles. The Labute approximate surface area is 248 Å². The van der Waals surface area contributed by atoms with E-state index in [0.717, 1.165) is 6.42 Å². The highest BCUT2D eigenvalue weighted by Gasteiger charge is 2.54. The van der Waals surface area contributed by atoms with Crippen LogP contribution in [0.5, 0.6) is 0 Å². The van der Waals surface area contributed by atoms with Crippen molar-refractivity contribution in [1.29, 1.82) is 0 Å². The third kappa shape index (κ3) is 5.26. The van der Waals surface area contributed by atoms with Gasteiger partial charge in [-0.1, -0.05) is 11.6 Å². The quantitative estimate of drug-likeness (QED) is 0.449. The van der Waals surface area contributed by atoms with E-state index in [-0.39, 0.29) is 78.2 Å². The van der Waals surface area contributed by atoms with Crippen LogP contribution < -0.4 is 9.80 Å². The number of halogens is 3. The third-order valence-electron chi connectivity index (χ3n) is 9.53. The maximum atomic E-state index is 15.9. The summed E-state index contributed by atoms with van der Waals surface area (Å²) >= 11 is 6.23. The van der Waals surface area contributed by atoms with Crippen molar-refractivity contribution in [2.45, 2.75) is 49.3 Å². The number of nitrogens with zero attached hydrogens (tertiary/aromatic N) is 4. The number of piperazine rings is 1. The van der Waals surface area contributed by atoms with E-state index in [1.165, 1.54) is 28.6 Å². The minimum absolute atomic E-state index is 0.0232. The van der Waals surface area contributed by atoms with Crippen molar-refractivity contribution in [2.75, 3.05) is 42.5 Å². The molecule has 3 saturated carbocycles. The largest absolute Gasteiger partial charge is 0.481 e. The molecule has 2 saturated heterocycles. The van der Waals surface area contributed by atoms with Gasteiger partial charge in [0.05, 0.1) is 10.8 Å². The van der Waals surface area contributed by atoms with Gasteiger partial charge in [-0.3, -0.25) is 9.59 Å². The summed E-state index contributed by atoms with van der Waals surface area (Å²) in [5.41, 5.74) is 0.428. The molecule has 1 N–H and O–H groups in total. The van der Waals surface area contributed by atoms with Crippen molar-refractivity contribution < 1.29 is 31.9 Å². The molecule has 0 spiro atoms.